The van der Waals surface area contributed by atoms with E-state index >= 15 is 0 Å². The number of aryl methyl sites for hydroxylation is 1. The zero-order chi connectivity index (χ0) is 9.68. The first-order valence-corrected chi connectivity index (χ1v) is 4.53. The van der Waals surface area contributed by atoms with E-state index in [0.717, 1.165) is 17.9 Å². The summed E-state index contributed by atoms with van der Waals surface area (Å²) in [5.41, 5.74) is 5.13. The molecule has 74 valence electrons. The molecule has 2 N–H and O–H groups in total. The van der Waals surface area contributed by atoms with Crippen molar-refractivity contribution in [3.63, 3.8) is 0 Å². The van der Waals surface area contributed by atoms with Gasteiger partial charge in [-0.3, -0.25) is 5.10 Å². The fraction of sp³-hybridized carbons (Fsp3) is 0.667. The molecule has 13 heavy (non-hydrogen) atoms. The Kier molecular flexibility index (Phi) is 3.92. The van der Waals surface area contributed by atoms with E-state index in [1.54, 1.807) is 6.20 Å². The van der Waals surface area contributed by atoms with Crippen LogP contribution >= 0.6 is 0 Å². The number of hydrogen-bond donors (Lipinski definition) is 2. The van der Waals surface area contributed by atoms with Crippen molar-refractivity contribution in [1.29, 1.82) is 0 Å². The van der Waals surface area contributed by atoms with Crippen molar-refractivity contribution >= 4 is 0 Å². The van der Waals surface area contributed by atoms with Crippen LogP contribution in [0, 0.1) is 12.8 Å². The first kappa shape index (κ1) is 10.2. The van der Waals surface area contributed by atoms with E-state index in [4.69, 9.17) is 4.84 Å². The molecule has 1 aromatic heterocycles. The molecule has 0 saturated carbocycles. The highest BCUT2D eigenvalue weighted by Crippen LogP contribution is 2.01. The number of hydroxylamine groups is 1. The maximum atomic E-state index is 5.23. The lowest BCUT2D eigenvalue weighted by Crippen LogP contribution is -2.17. The molecule has 0 aliphatic carbocycles. The molecule has 0 aromatic carbocycles. The highest BCUT2D eigenvalue weighted by Gasteiger charge is 1.99. The monoisotopic (exact) mass is 183 g/mol. The minimum Gasteiger partial charge on any atom is -0.301 e. The maximum Gasteiger partial charge on any atom is 0.0705 e. The van der Waals surface area contributed by atoms with Gasteiger partial charge in [-0.25, -0.2) is 0 Å². The van der Waals surface area contributed by atoms with Crippen LogP contribution in [-0.4, -0.2) is 16.8 Å². The van der Waals surface area contributed by atoms with Gasteiger partial charge in [0.15, 0.2) is 0 Å². The standard InChI is InChI=1S/C9H17N3O/c1-7(2)6-13-11-5-9-4-10-12-8(9)3/h4,7,11H,5-6H2,1-3H3,(H,10,12). The minimum absolute atomic E-state index is 0.554. The number of hydrogen-bond acceptors (Lipinski definition) is 3. The molecule has 0 amide bonds. The first-order valence-electron chi connectivity index (χ1n) is 4.53. The van der Waals surface area contributed by atoms with Crippen LogP contribution in [-0.2, 0) is 11.4 Å². The Bertz CT molecular complexity index is 245. The lowest BCUT2D eigenvalue weighted by molar-refractivity contribution is 0.0195. The molecule has 0 aliphatic rings. The number of nitrogens with zero attached hydrogens (tertiary/aromatic N) is 1. The summed E-state index contributed by atoms with van der Waals surface area (Å²) in [6.45, 7) is 7.66. The first-order chi connectivity index (χ1) is 6.20. The Hall–Kier alpha value is -0.870. The highest BCUT2D eigenvalue weighted by molar-refractivity contribution is 5.13. The fourth-order valence-electron chi connectivity index (χ4n) is 0.908. The fourth-order valence-corrected chi connectivity index (χ4v) is 0.908. The van der Waals surface area contributed by atoms with Gasteiger partial charge < -0.3 is 4.84 Å². The second-order valence-corrected chi connectivity index (χ2v) is 3.55. The van der Waals surface area contributed by atoms with Crippen LogP contribution in [0.1, 0.15) is 25.1 Å². The van der Waals surface area contributed by atoms with Crippen LogP contribution in [0.2, 0.25) is 0 Å². The molecule has 1 heterocycles. The lowest BCUT2D eigenvalue weighted by Gasteiger charge is -2.06. The summed E-state index contributed by atoms with van der Waals surface area (Å²) in [6.07, 6.45) is 1.81. The molecule has 0 aliphatic heterocycles. The number of aromatic nitrogens is 2. The largest absolute Gasteiger partial charge is 0.301 e. The SMILES string of the molecule is Cc1[nH]ncc1CNOCC(C)C. The van der Waals surface area contributed by atoms with Gasteiger partial charge in [-0.1, -0.05) is 13.8 Å². The van der Waals surface area contributed by atoms with E-state index < -0.39 is 0 Å². The van der Waals surface area contributed by atoms with Gasteiger partial charge in [0.1, 0.15) is 0 Å². The number of rotatable bonds is 5. The van der Waals surface area contributed by atoms with Gasteiger partial charge in [0, 0.05) is 17.8 Å². The summed E-state index contributed by atoms with van der Waals surface area (Å²) >= 11 is 0. The van der Waals surface area contributed by atoms with Gasteiger partial charge >= 0.3 is 0 Å². The van der Waals surface area contributed by atoms with Gasteiger partial charge in [0.05, 0.1) is 12.8 Å². The van der Waals surface area contributed by atoms with Crippen molar-refractivity contribution in [2.24, 2.45) is 5.92 Å². The topological polar surface area (TPSA) is 49.9 Å². The molecule has 0 bridgehead atoms. The zero-order valence-electron chi connectivity index (χ0n) is 8.42. The molecule has 1 rings (SSSR count). The van der Waals surface area contributed by atoms with Crippen molar-refractivity contribution in [2.45, 2.75) is 27.3 Å². The summed E-state index contributed by atoms with van der Waals surface area (Å²) in [7, 11) is 0. The van der Waals surface area contributed by atoms with E-state index in [-0.39, 0.29) is 0 Å². The van der Waals surface area contributed by atoms with Crippen LogP contribution in [0.5, 0.6) is 0 Å². The predicted octanol–water partition coefficient (Wildman–Crippen LogP) is 1.40. The third-order valence-corrected chi connectivity index (χ3v) is 1.72. The highest BCUT2D eigenvalue weighted by atomic mass is 16.6. The van der Waals surface area contributed by atoms with Gasteiger partial charge in [0.2, 0.25) is 0 Å². The molecule has 0 saturated heterocycles. The average molecular weight is 183 g/mol. The number of H-pyrrole nitrogens is 1. The Morgan fingerprint density at radius 1 is 1.62 bits per heavy atom. The van der Waals surface area contributed by atoms with Crippen LogP contribution in [0.25, 0.3) is 0 Å². The molecular formula is C9H17N3O. The van der Waals surface area contributed by atoms with Crippen LogP contribution in [0.3, 0.4) is 0 Å². The van der Waals surface area contributed by atoms with E-state index in [1.165, 1.54) is 0 Å². The molecule has 0 atom stereocenters. The van der Waals surface area contributed by atoms with Crippen LogP contribution in [0.15, 0.2) is 6.20 Å². The second kappa shape index (κ2) is 4.99. The summed E-state index contributed by atoms with van der Waals surface area (Å²) in [6, 6.07) is 0. The van der Waals surface area contributed by atoms with Gasteiger partial charge in [-0.15, -0.1) is 0 Å². The minimum atomic E-state index is 0.554. The molecule has 1 aromatic rings. The van der Waals surface area contributed by atoms with E-state index in [1.807, 2.05) is 6.92 Å². The Morgan fingerprint density at radius 3 is 2.92 bits per heavy atom. The molecule has 0 unspecified atom stereocenters. The lowest BCUT2D eigenvalue weighted by atomic mass is 10.2. The molecule has 4 heteroatoms. The summed E-state index contributed by atoms with van der Waals surface area (Å²) < 4.78 is 0. The molecule has 4 nitrogen and oxygen atoms in total. The molecule has 0 fully saturated rings. The van der Waals surface area contributed by atoms with Gasteiger partial charge in [-0.05, 0) is 12.8 Å². The zero-order valence-corrected chi connectivity index (χ0v) is 8.42. The number of aromatic amines is 1. The van der Waals surface area contributed by atoms with E-state index in [0.29, 0.717) is 12.5 Å². The third-order valence-electron chi connectivity index (χ3n) is 1.72. The van der Waals surface area contributed by atoms with Crippen molar-refractivity contribution < 1.29 is 4.84 Å². The summed E-state index contributed by atoms with van der Waals surface area (Å²) in [5, 5.41) is 6.79. The van der Waals surface area contributed by atoms with E-state index in [9.17, 15) is 0 Å². The van der Waals surface area contributed by atoms with Gasteiger partial charge in [0.25, 0.3) is 0 Å². The Balaban J connectivity index is 2.17. The molecular weight excluding hydrogens is 166 g/mol. The third kappa shape index (κ3) is 3.57. The van der Waals surface area contributed by atoms with Crippen molar-refractivity contribution in [2.75, 3.05) is 6.61 Å². The summed E-state index contributed by atoms with van der Waals surface area (Å²) in [5.74, 6) is 0.554. The van der Waals surface area contributed by atoms with Crippen LogP contribution < -0.4 is 5.48 Å². The predicted molar refractivity (Wildman–Crippen MR) is 51.0 cm³/mol. The van der Waals surface area contributed by atoms with Crippen molar-refractivity contribution in [1.82, 2.24) is 15.7 Å². The van der Waals surface area contributed by atoms with Crippen molar-refractivity contribution in [3.8, 4) is 0 Å². The number of nitrogens with one attached hydrogen (secondary N) is 2. The van der Waals surface area contributed by atoms with Crippen molar-refractivity contribution in [3.05, 3.63) is 17.5 Å². The van der Waals surface area contributed by atoms with Gasteiger partial charge in [-0.2, -0.15) is 10.6 Å². The Morgan fingerprint density at radius 2 is 2.38 bits per heavy atom. The normalized spacial score (nSPS) is 11.1. The maximum absolute atomic E-state index is 5.23. The molecule has 0 radical (unpaired) electrons. The molecule has 0 spiro atoms. The smallest absolute Gasteiger partial charge is 0.0705 e. The quantitative estimate of drug-likeness (QED) is 0.536. The summed E-state index contributed by atoms with van der Waals surface area (Å²) in [4.78, 5) is 5.23. The van der Waals surface area contributed by atoms with Crippen LogP contribution in [0.4, 0.5) is 0 Å². The average Bonchev–Trinajstić information content (AvgIpc) is 2.45. The van der Waals surface area contributed by atoms with E-state index in [2.05, 4.69) is 29.5 Å². The second-order valence-electron chi connectivity index (χ2n) is 3.55. The Labute approximate surface area is 78.6 Å².